The SMILES string of the molecule is CC(C)(CC[N+](C)(C)CCO)N(Cl)Cl. The standard InChI is InChI=1S/C9H21Cl2N2O/c1-9(2,12(10)11)5-6-13(3,4)7-8-14/h14H,5-8H2,1-4H3/q+1. The maximum absolute atomic E-state index is 8.86. The summed E-state index contributed by atoms with van der Waals surface area (Å²) in [4.78, 5) is 0. The van der Waals surface area contributed by atoms with E-state index in [-0.39, 0.29) is 12.1 Å². The topological polar surface area (TPSA) is 23.5 Å². The van der Waals surface area contributed by atoms with Gasteiger partial charge in [0.15, 0.2) is 0 Å². The summed E-state index contributed by atoms with van der Waals surface area (Å²) in [5.74, 6) is 0. The molecule has 0 aliphatic carbocycles. The molecule has 0 aliphatic heterocycles. The largest absolute Gasteiger partial charge is 0.391 e. The number of rotatable bonds is 6. The van der Waals surface area contributed by atoms with Gasteiger partial charge in [0.25, 0.3) is 0 Å². The molecule has 0 rings (SSSR count). The quantitative estimate of drug-likeness (QED) is 0.569. The highest BCUT2D eigenvalue weighted by molar-refractivity contribution is 6.34. The Bertz CT molecular complexity index is 172. The van der Waals surface area contributed by atoms with Gasteiger partial charge < -0.3 is 9.59 Å². The summed E-state index contributed by atoms with van der Waals surface area (Å²) < 4.78 is 1.98. The van der Waals surface area contributed by atoms with Gasteiger partial charge in [-0.25, -0.2) is 0 Å². The van der Waals surface area contributed by atoms with Crippen LogP contribution < -0.4 is 0 Å². The minimum atomic E-state index is -0.228. The number of aliphatic hydroxyl groups is 1. The van der Waals surface area contributed by atoms with E-state index < -0.39 is 0 Å². The van der Waals surface area contributed by atoms with Crippen LogP contribution in [-0.4, -0.2) is 52.9 Å². The van der Waals surface area contributed by atoms with E-state index in [1.165, 1.54) is 3.94 Å². The molecule has 0 aliphatic rings. The van der Waals surface area contributed by atoms with Crippen LogP contribution in [0.4, 0.5) is 0 Å². The van der Waals surface area contributed by atoms with E-state index in [0.29, 0.717) is 0 Å². The molecule has 0 unspecified atom stereocenters. The molecule has 0 amide bonds. The zero-order chi connectivity index (χ0) is 11.4. The van der Waals surface area contributed by atoms with Gasteiger partial charge in [-0.2, -0.15) is 0 Å². The van der Waals surface area contributed by atoms with Crippen molar-refractivity contribution in [1.29, 1.82) is 0 Å². The fourth-order valence-electron chi connectivity index (χ4n) is 1.04. The predicted molar refractivity (Wildman–Crippen MR) is 61.2 cm³/mol. The molecule has 0 atom stereocenters. The summed E-state index contributed by atoms with van der Waals surface area (Å²) in [5, 5.41) is 8.86. The minimum Gasteiger partial charge on any atom is -0.391 e. The average Bonchev–Trinajstić information content (AvgIpc) is 2.01. The molecule has 14 heavy (non-hydrogen) atoms. The van der Waals surface area contributed by atoms with Crippen molar-refractivity contribution in [3.8, 4) is 0 Å². The van der Waals surface area contributed by atoms with Crippen LogP contribution in [0.2, 0.25) is 0 Å². The van der Waals surface area contributed by atoms with E-state index in [2.05, 4.69) is 14.1 Å². The Morgan fingerprint density at radius 3 is 2.07 bits per heavy atom. The van der Waals surface area contributed by atoms with Crippen LogP contribution in [0.1, 0.15) is 20.3 Å². The number of hydrogen-bond acceptors (Lipinski definition) is 2. The van der Waals surface area contributed by atoms with Gasteiger partial charge in [0, 0.05) is 6.42 Å². The lowest BCUT2D eigenvalue weighted by atomic mass is 10.0. The van der Waals surface area contributed by atoms with Gasteiger partial charge in [-0.15, -0.1) is 3.94 Å². The fourth-order valence-corrected chi connectivity index (χ4v) is 1.21. The summed E-state index contributed by atoms with van der Waals surface area (Å²) >= 11 is 11.4. The highest BCUT2D eigenvalue weighted by Crippen LogP contribution is 2.24. The van der Waals surface area contributed by atoms with Crippen molar-refractivity contribution in [2.45, 2.75) is 25.8 Å². The Balaban J connectivity index is 4.04. The maximum Gasteiger partial charge on any atom is 0.102 e. The van der Waals surface area contributed by atoms with Crippen molar-refractivity contribution < 1.29 is 9.59 Å². The third kappa shape index (κ3) is 5.37. The molecule has 0 radical (unpaired) electrons. The molecular formula is C9H21Cl2N2O+. The second kappa shape index (κ2) is 5.52. The minimum absolute atomic E-state index is 0.207. The third-order valence-corrected chi connectivity index (χ3v) is 3.41. The number of aliphatic hydroxyl groups excluding tert-OH is 1. The molecule has 0 aromatic rings. The number of likely N-dealkylation sites (N-methyl/N-ethyl adjacent to an activating group) is 1. The van der Waals surface area contributed by atoms with Crippen molar-refractivity contribution in [2.75, 3.05) is 33.8 Å². The van der Waals surface area contributed by atoms with E-state index >= 15 is 0 Å². The van der Waals surface area contributed by atoms with E-state index in [0.717, 1.165) is 24.0 Å². The van der Waals surface area contributed by atoms with Gasteiger partial charge in [-0.05, 0) is 37.4 Å². The van der Waals surface area contributed by atoms with E-state index in [4.69, 9.17) is 28.7 Å². The number of quaternary nitrogens is 1. The van der Waals surface area contributed by atoms with Gasteiger partial charge in [0.1, 0.15) is 6.54 Å². The van der Waals surface area contributed by atoms with Gasteiger partial charge in [-0.3, -0.25) is 0 Å². The van der Waals surface area contributed by atoms with Crippen LogP contribution in [0.25, 0.3) is 0 Å². The summed E-state index contributed by atoms with van der Waals surface area (Å²) in [6.07, 6.45) is 0.882. The van der Waals surface area contributed by atoms with Gasteiger partial charge in [0.05, 0.1) is 32.8 Å². The molecular weight excluding hydrogens is 223 g/mol. The van der Waals surface area contributed by atoms with Crippen molar-refractivity contribution in [1.82, 2.24) is 3.94 Å². The molecule has 5 heteroatoms. The van der Waals surface area contributed by atoms with Gasteiger partial charge >= 0.3 is 0 Å². The molecule has 0 saturated heterocycles. The Morgan fingerprint density at radius 1 is 1.21 bits per heavy atom. The molecule has 1 N–H and O–H groups in total. The summed E-state index contributed by atoms with van der Waals surface area (Å²) in [7, 11) is 4.16. The van der Waals surface area contributed by atoms with Gasteiger partial charge in [0.2, 0.25) is 0 Å². The van der Waals surface area contributed by atoms with Crippen LogP contribution in [0.15, 0.2) is 0 Å². The van der Waals surface area contributed by atoms with E-state index in [9.17, 15) is 0 Å². The van der Waals surface area contributed by atoms with Crippen molar-refractivity contribution in [3.63, 3.8) is 0 Å². The first kappa shape index (κ1) is 14.5. The smallest absolute Gasteiger partial charge is 0.102 e. The zero-order valence-corrected chi connectivity index (χ0v) is 10.9. The first-order valence-corrected chi connectivity index (χ1v) is 5.43. The first-order chi connectivity index (χ1) is 6.21. The molecule has 3 nitrogen and oxygen atoms in total. The maximum atomic E-state index is 8.86. The molecule has 0 spiro atoms. The number of nitrogens with zero attached hydrogens (tertiary/aromatic N) is 2. The highest BCUT2D eigenvalue weighted by Gasteiger charge is 2.28. The lowest BCUT2D eigenvalue weighted by Gasteiger charge is -2.34. The number of halogens is 2. The molecule has 0 bridgehead atoms. The zero-order valence-electron chi connectivity index (χ0n) is 9.43. The lowest BCUT2D eigenvalue weighted by molar-refractivity contribution is -0.891. The van der Waals surface area contributed by atoms with Gasteiger partial charge in [-0.1, -0.05) is 0 Å². The monoisotopic (exact) mass is 243 g/mol. The fraction of sp³-hybridized carbons (Fsp3) is 1.00. The Hall–Kier alpha value is 0.460. The first-order valence-electron chi connectivity index (χ1n) is 4.76. The Morgan fingerprint density at radius 2 is 1.71 bits per heavy atom. The Kier molecular flexibility index (Phi) is 5.70. The molecule has 0 aromatic carbocycles. The Labute approximate surface area is 97.0 Å². The van der Waals surface area contributed by atoms with Crippen LogP contribution >= 0.6 is 23.6 Å². The second-order valence-corrected chi connectivity index (χ2v) is 5.75. The molecule has 0 saturated carbocycles. The predicted octanol–water partition coefficient (Wildman–Crippen LogP) is 1.83. The molecule has 0 fully saturated rings. The molecule has 0 aromatic heterocycles. The second-order valence-electron chi connectivity index (χ2n) is 4.90. The van der Waals surface area contributed by atoms with Crippen LogP contribution in [-0.2, 0) is 0 Å². The van der Waals surface area contributed by atoms with Crippen LogP contribution in [0.3, 0.4) is 0 Å². The average molecular weight is 244 g/mol. The highest BCUT2D eigenvalue weighted by atomic mass is 35.5. The van der Waals surface area contributed by atoms with E-state index in [1.807, 2.05) is 13.8 Å². The normalized spacial score (nSPS) is 13.7. The lowest BCUT2D eigenvalue weighted by Crippen LogP contribution is -2.46. The summed E-state index contributed by atoms with van der Waals surface area (Å²) in [6, 6.07) is 0. The molecule has 0 heterocycles. The van der Waals surface area contributed by atoms with Crippen molar-refractivity contribution in [3.05, 3.63) is 0 Å². The van der Waals surface area contributed by atoms with Crippen molar-refractivity contribution >= 4 is 23.6 Å². The number of hydrogen-bond donors (Lipinski definition) is 1. The van der Waals surface area contributed by atoms with Crippen LogP contribution in [0, 0.1) is 0 Å². The van der Waals surface area contributed by atoms with E-state index in [1.54, 1.807) is 0 Å². The summed E-state index contributed by atoms with van der Waals surface area (Å²) in [6.45, 7) is 5.88. The van der Waals surface area contributed by atoms with Crippen molar-refractivity contribution in [2.24, 2.45) is 0 Å². The third-order valence-electron chi connectivity index (χ3n) is 2.49. The summed E-state index contributed by atoms with van der Waals surface area (Å²) in [5.41, 5.74) is -0.228. The van der Waals surface area contributed by atoms with Crippen LogP contribution in [0.5, 0.6) is 0 Å². The molecule has 86 valence electrons.